The summed E-state index contributed by atoms with van der Waals surface area (Å²) >= 11 is 1.60. The predicted octanol–water partition coefficient (Wildman–Crippen LogP) is 4.68. The Morgan fingerprint density at radius 1 is 1.12 bits per heavy atom. The highest BCUT2D eigenvalue weighted by Gasteiger charge is 2.12. The van der Waals surface area contributed by atoms with Crippen LogP contribution in [0.1, 0.15) is 10.4 Å². The number of carbonyl (C=O) groups excluding carboxylic acids is 1. The van der Waals surface area contributed by atoms with Gasteiger partial charge in [0.05, 0.1) is 21.5 Å². The van der Waals surface area contributed by atoms with E-state index in [1.165, 1.54) is 12.1 Å². The van der Waals surface area contributed by atoms with Crippen molar-refractivity contribution in [1.29, 1.82) is 0 Å². The van der Waals surface area contributed by atoms with E-state index in [0.29, 0.717) is 5.69 Å². The van der Waals surface area contributed by atoms with Crippen molar-refractivity contribution in [2.45, 2.75) is 0 Å². The van der Waals surface area contributed by atoms with E-state index in [-0.39, 0.29) is 5.56 Å². The number of benzene rings is 2. The fraction of sp³-hybridized carbons (Fsp3) is 0. The fourth-order valence-electron chi connectivity index (χ4n) is 2.46. The Morgan fingerprint density at radius 3 is 2.79 bits per heavy atom. The van der Waals surface area contributed by atoms with E-state index < -0.39 is 11.7 Å². The van der Waals surface area contributed by atoms with Gasteiger partial charge in [0.2, 0.25) is 0 Å². The number of hydrogen-bond donors (Lipinski definition) is 2. The second kappa shape index (κ2) is 5.90. The van der Waals surface area contributed by atoms with E-state index in [1.54, 1.807) is 35.6 Å². The molecule has 0 bridgehead atoms. The van der Waals surface area contributed by atoms with Crippen molar-refractivity contribution in [3.63, 3.8) is 0 Å². The van der Waals surface area contributed by atoms with Crippen LogP contribution in [0.25, 0.3) is 21.7 Å². The summed E-state index contributed by atoms with van der Waals surface area (Å²) in [5, 5.41) is 4.69. The van der Waals surface area contributed by atoms with Crippen molar-refractivity contribution in [2.24, 2.45) is 0 Å². The molecule has 2 aromatic carbocycles. The summed E-state index contributed by atoms with van der Waals surface area (Å²) in [5.41, 5.74) is 2.20. The number of imidazole rings is 1. The van der Waals surface area contributed by atoms with Crippen LogP contribution >= 0.6 is 11.3 Å². The largest absolute Gasteiger partial charge is 0.337 e. The van der Waals surface area contributed by atoms with Crippen LogP contribution < -0.4 is 5.32 Å². The number of aromatic amines is 1. The molecule has 0 saturated carbocycles. The number of amides is 1. The Kier molecular flexibility index (Phi) is 3.59. The molecule has 2 heterocycles. The molecule has 1 amide bonds. The maximum atomic E-state index is 13.7. The van der Waals surface area contributed by atoms with Crippen molar-refractivity contribution in [1.82, 2.24) is 9.97 Å². The SMILES string of the molecule is O=C(Nc1ccc2[nH]c(-c3cccs3)nc2c1)c1ccccc1F. The molecule has 4 aromatic rings. The molecular weight excluding hydrogens is 325 g/mol. The van der Waals surface area contributed by atoms with Gasteiger partial charge >= 0.3 is 0 Å². The first-order valence-corrected chi connectivity index (χ1v) is 8.18. The van der Waals surface area contributed by atoms with Crippen LogP contribution in [0.4, 0.5) is 10.1 Å². The number of H-pyrrole nitrogens is 1. The molecule has 0 saturated heterocycles. The summed E-state index contributed by atoms with van der Waals surface area (Å²) < 4.78 is 13.7. The van der Waals surface area contributed by atoms with E-state index in [4.69, 9.17) is 0 Å². The molecule has 4 rings (SSSR count). The zero-order valence-electron chi connectivity index (χ0n) is 12.4. The number of nitrogens with one attached hydrogen (secondary N) is 2. The smallest absolute Gasteiger partial charge is 0.258 e. The third-order valence-electron chi connectivity index (χ3n) is 3.61. The van der Waals surface area contributed by atoms with E-state index in [9.17, 15) is 9.18 Å². The minimum Gasteiger partial charge on any atom is -0.337 e. The van der Waals surface area contributed by atoms with Gasteiger partial charge in [-0.25, -0.2) is 9.37 Å². The van der Waals surface area contributed by atoms with Gasteiger partial charge in [-0.1, -0.05) is 18.2 Å². The molecular formula is C18H12FN3OS. The van der Waals surface area contributed by atoms with E-state index in [1.807, 2.05) is 23.6 Å². The molecule has 2 aromatic heterocycles. The zero-order chi connectivity index (χ0) is 16.5. The Labute approximate surface area is 141 Å². The van der Waals surface area contributed by atoms with Gasteiger partial charge in [0.1, 0.15) is 11.6 Å². The van der Waals surface area contributed by atoms with Gasteiger partial charge in [0.15, 0.2) is 0 Å². The van der Waals surface area contributed by atoms with Gasteiger partial charge in [-0.05, 0) is 41.8 Å². The molecule has 0 unspecified atom stereocenters. The highest BCUT2D eigenvalue weighted by atomic mass is 32.1. The molecule has 0 aliphatic rings. The molecule has 0 radical (unpaired) electrons. The number of carbonyl (C=O) groups is 1. The Balaban J connectivity index is 1.63. The molecule has 0 fully saturated rings. The maximum absolute atomic E-state index is 13.7. The predicted molar refractivity (Wildman–Crippen MR) is 93.8 cm³/mol. The van der Waals surface area contributed by atoms with Crippen LogP contribution in [0.15, 0.2) is 60.0 Å². The molecule has 4 nitrogen and oxygen atoms in total. The summed E-state index contributed by atoms with van der Waals surface area (Å²) in [6, 6.07) is 15.2. The second-order valence-corrected chi connectivity index (χ2v) is 6.18. The third kappa shape index (κ3) is 2.68. The van der Waals surface area contributed by atoms with Crippen LogP contribution in [0.2, 0.25) is 0 Å². The summed E-state index contributed by atoms with van der Waals surface area (Å²) in [7, 11) is 0. The van der Waals surface area contributed by atoms with Gasteiger partial charge in [-0.15, -0.1) is 11.3 Å². The number of thiophene rings is 1. The molecule has 0 aliphatic heterocycles. The van der Waals surface area contributed by atoms with Gasteiger partial charge in [0, 0.05) is 5.69 Å². The highest BCUT2D eigenvalue weighted by Crippen LogP contribution is 2.26. The molecule has 0 aliphatic carbocycles. The Bertz CT molecular complexity index is 1020. The lowest BCUT2D eigenvalue weighted by molar-refractivity contribution is 0.102. The molecule has 0 atom stereocenters. The number of aromatic nitrogens is 2. The quantitative estimate of drug-likeness (QED) is 0.570. The lowest BCUT2D eigenvalue weighted by atomic mass is 10.2. The minimum absolute atomic E-state index is 0.0129. The van der Waals surface area contributed by atoms with Gasteiger partial charge in [-0.2, -0.15) is 0 Å². The highest BCUT2D eigenvalue weighted by molar-refractivity contribution is 7.13. The molecule has 2 N–H and O–H groups in total. The summed E-state index contributed by atoms with van der Waals surface area (Å²) in [6.45, 7) is 0. The van der Waals surface area contributed by atoms with Gasteiger partial charge < -0.3 is 10.3 Å². The number of rotatable bonds is 3. The van der Waals surface area contributed by atoms with Gasteiger partial charge in [0.25, 0.3) is 5.91 Å². The molecule has 24 heavy (non-hydrogen) atoms. The summed E-state index contributed by atoms with van der Waals surface area (Å²) in [4.78, 5) is 21.0. The normalized spacial score (nSPS) is 10.9. The van der Waals surface area contributed by atoms with Crippen LogP contribution in [-0.4, -0.2) is 15.9 Å². The standard InChI is InChI=1S/C18H12FN3OS/c19-13-5-2-1-4-12(13)18(23)20-11-7-8-14-15(10-11)22-17(21-14)16-6-3-9-24-16/h1-10H,(H,20,23)(H,21,22). The summed E-state index contributed by atoms with van der Waals surface area (Å²) in [6.07, 6.45) is 0. The number of nitrogens with zero attached hydrogens (tertiary/aromatic N) is 1. The molecule has 0 spiro atoms. The maximum Gasteiger partial charge on any atom is 0.258 e. The molecule has 6 heteroatoms. The average molecular weight is 337 g/mol. The first kappa shape index (κ1) is 14.6. The van der Waals surface area contributed by atoms with Crippen LogP contribution in [0.5, 0.6) is 0 Å². The summed E-state index contributed by atoms with van der Waals surface area (Å²) in [5.74, 6) is -0.241. The topological polar surface area (TPSA) is 57.8 Å². The lowest BCUT2D eigenvalue weighted by Crippen LogP contribution is -2.13. The number of fused-ring (bicyclic) bond motifs is 1. The minimum atomic E-state index is -0.546. The van der Waals surface area contributed by atoms with E-state index in [2.05, 4.69) is 15.3 Å². The monoisotopic (exact) mass is 337 g/mol. The number of halogens is 1. The first-order valence-electron chi connectivity index (χ1n) is 7.30. The van der Waals surface area contributed by atoms with Crippen LogP contribution in [-0.2, 0) is 0 Å². The first-order chi connectivity index (χ1) is 11.7. The van der Waals surface area contributed by atoms with Crippen LogP contribution in [0.3, 0.4) is 0 Å². The lowest BCUT2D eigenvalue weighted by Gasteiger charge is -2.05. The fourth-order valence-corrected chi connectivity index (χ4v) is 3.13. The van der Waals surface area contributed by atoms with Crippen molar-refractivity contribution < 1.29 is 9.18 Å². The van der Waals surface area contributed by atoms with Gasteiger partial charge in [-0.3, -0.25) is 4.79 Å². The van der Waals surface area contributed by atoms with Crippen LogP contribution in [0, 0.1) is 5.82 Å². The Morgan fingerprint density at radius 2 is 2.00 bits per heavy atom. The second-order valence-electron chi connectivity index (χ2n) is 5.23. The van der Waals surface area contributed by atoms with E-state index in [0.717, 1.165) is 21.7 Å². The third-order valence-corrected chi connectivity index (χ3v) is 4.49. The average Bonchev–Trinajstić information content (AvgIpc) is 3.24. The Hall–Kier alpha value is -2.99. The van der Waals surface area contributed by atoms with Crippen molar-refractivity contribution in [3.8, 4) is 10.7 Å². The zero-order valence-corrected chi connectivity index (χ0v) is 13.2. The number of anilines is 1. The van der Waals surface area contributed by atoms with E-state index >= 15 is 0 Å². The molecule has 118 valence electrons. The number of hydrogen-bond acceptors (Lipinski definition) is 3. The van der Waals surface area contributed by atoms with Crippen molar-refractivity contribution >= 4 is 34.0 Å². The van der Waals surface area contributed by atoms with Crippen molar-refractivity contribution in [3.05, 3.63) is 71.4 Å². The van der Waals surface area contributed by atoms with Crippen molar-refractivity contribution in [2.75, 3.05) is 5.32 Å².